The van der Waals surface area contributed by atoms with Crippen LogP contribution >= 0.6 is 11.8 Å². The molecule has 1 heterocycles. The smallest absolute Gasteiger partial charge is 0.100 e. The van der Waals surface area contributed by atoms with E-state index >= 15 is 0 Å². The first-order valence-electron chi connectivity index (χ1n) is 7.34. The van der Waals surface area contributed by atoms with Crippen LogP contribution in [0.4, 0.5) is 0 Å². The number of pyridine rings is 1. The number of carbonyl (C=O) groups excluding carboxylic acids is 1. The quantitative estimate of drug-likeness (QED) is 0.737. The first kappa shape index (κ1) is 15.8. The van der Waals surface area contributed by atoms with E-state index in [2.05, 4.69) is 19.9 Å². The number of aromatic nitrogens is 1. The second-order valence-corrected chi connectivity index (χ2v) is 6.20. The number of aliphatic carboxylic acids is 1. The first-order valence-corrected chi connectivity index (χ1v) is 8.33. The molecule has 0 aliphatic carbocycles. The molecule has 0 radical (unpaired) electrons. The molecule has 0 amide bonds. The van der Waals surface area contributed by atoms with Crippen LogP contribution in [-0.4, -0.2) is 16.7 Å². The zero-order chi connectivity index (χ0) is 15.2. The number of fused-ring (bicyclic) bond motifs is 1. The fourth-order valence-electron chi connectivity index (χ4n) is 2.39. The van der Waals surface area contributed by atoms with Gasteiger partial charge in [-0.2, -0.15) is 0 Å². The number of hydrogen-bond acceptors (Lipinski definition) is 4. The standard InChI is InChI=1S/C17H21NO2S/c1-3-4-7-14-12(2)13-8-5-6-9-15(13)18-17(14)21-11-10-16(19)20/h5-6,8-9H,3-4,7,10-11H2,1-2H3,(H,19,20)/p-1. The zero-order valence-corrected chi connectivity index (χ0v) is 13.3. The summed E-state index contributed by atoms with van der Waals surface area (Å²) in [4.78, 5) is 15.3. The molecule has 3 nitrogen and oxygen atoms in total. The van der Waals surface area contributed by atoms with E-state index in [0.29, 0.717) is 5.75 Å². The molecule has 2 rings (SSSR count). The first-order chi connectivity index (χ1) is 10.1. The van der Waals surface area contributed by atoms with E-state index < -0.39 is 5.97 Å². The molecule has 2 aromatic rings. The number of nitrogens with zero attached hydrogens (tertiary/aromatic N) is 1. The number of thioether (sulfide) groups is 1. The Balaban J connectivity index is 2.37. The van der Waals surface area contributed by atoms with Gasteiger partial charge in [-0.3, -0.25) is 0 Å². The van der Waals surface area contributed by atoms with E-state index in [1.165, 1.54) is 28.3 Å². The lowest BCUT2D eigenvalue weighted by Crippen LogP contribution is -2.22. The van der Waals surface area contributed by atoms with Crippen molar-refractivity contribution in [2.75, 3.05) is 5.75 Å². The molecule has 0 saturated heterocycles. The van der Waals surface area contributed by atoms with Gasteiger partial charge >= 0.3 is 0 Å². The van der Waals surface area contributed by atoms with Crippen molar-refractivity contribution in [2.45, 2.75) is 44.6 Å². The fraction of sp³-hybridized carbons (Fsp3) is 0.412. The number of aryl methyl sites for hydroxylation is 1. The van der Waals surface area contributed by atoms with Gasteiger partial charge in [0.05, 0.1) is 5.52 Å². The van der Waals surface area contributed by atoms with Crippen LogP contribution in [0.25, 0.3) is 10.9 Å². The number of para-hydroxylation sites is 1. The number of benzene rings is 1. The second kappa shape index (κ2) is 7.46. The van der Waals surface area contributed by atoms with E-state index in [9.17, 15) is 9.90 Å². The largest absolute Gasteiger partial charge is 0.550 e. The Morgan fingerprint density at radius 1 is 1.33 bits per heavy atom. The van der Waals surface area contributed by atoms with Crippen molar-refractivity contribution < 1.29 is 9.90 Å². The number of carbonyl (C=O) groups is 1. The highest BCUT2D eigenvalue weighted by molar-refractivity contribution is 7.99. The Labute approximate surface area is 129 Å². The van der Waals surface area contributed by atoms with Gasteiger partial charge in [0, 0.05) is 17.1 Å². The third kappa shape index (κ3) is 3.97. The highest BCUT2D eigenvalue weighted by Gasteiger charge is 2.12. The molecule has 0 spiro atoms. The van der Waals surface area contributed by atoms with Gasteiger partial charge in [0.15, 0.2) is 0 Å². The lowest BCUT2D eigenvalue weighted by atomic mass is 10.0. The van der Waals surface area contributed by atoms with E-state index in [0.717, 1.165) is 29.8 Å². The predicted octanol–water partition coefficient (Wildman–Crippen LogP) is 3.12. The van der Waals surface area contributed by atoms with Gasteiger partial charge in [-0.15, -0.1) is 11.8 Å². The van der Waals surface area contributed by atoms with Gasteiger partial charge in [0.25, 0.3) is 0 Å². The summed E-state index contributed by atoms with van der Waals surface area (Å²) in [5, 5.41) is 12.7. The number of carboxylic acids is 1. The molecule has 0 fully saturated rings. The lowest BCUT2D eigenvalue weighted by molar-refractivity contribution is -0.305. The average molecular weight is 302 g/mol. The van der Waals surface area contributed by atoms with Gasteiger partial charge in [0.2, 0.25) is 0 Å². The Bertz CT molecular complexity index is 640. The highest BCUT2D eigenvalue weighted by Crippen LogP contribution is 2.30. The molecule has 0 aliphatic heterocycles. The summed E-state index contributed by atoms with van der Waals surface area (Å²) >= 11 is 1.52. The molecule has 4 heteroatoms. The van der Waals surface area contributed by atoms with Crippen molar-refractivity contribution in [3.63, 3.8) is 0 Å². The fourth-order valence-corrected chi connectivity index (χ4v) is 3.44. The highest BCUT2D eigenvalue weighted by atomic mass is 32.2. The van der Waals surface area contributed by atoms with Crippen molar-refractivity contribution >= 4 is 28.6 Å². The van der Waals surface area contributed by atoms with Gasteiger partial charge in [-0.25, -0.2) is 4.98 Å². The van der Waals surface area contributed by atoms with Gasteiger partial charge in [0.1, 0.15) is 5.03 Å². The summed E-state index contributed by atoms with van der Waals surface area (Å²) in [5.74, 6) is -0.498. The van der Waals surface area contributed by atoms with Crippen LogP contribution in [0.15, 0.2) is 29.3 Å². The lowest BCUT2D eigenvalue weighted by Gasteiger charge is -2.14. The number of unbranched alkanes of at least 4 members (excludes halogenated alkanes) is 1. The Kier molecular flexibility index (Phi) is 5.62. The van der Waals surface area contributed by atoms with E-state index in [-0.39, 0.29) is 6.42 Å². The Hall–Kier alpha value is -1.55. The van der Waals surface area contributed by atoms with E-state index in [1.54, 1.807) is 0 Å². The topological polar surface area (TPSA) is 53.0 Å². The van der Waals surface area contributed by atoms with Crippen LogP contribution in [0.2, 0.25) is 0 Å². The molecular formula is C17H20NO2S-. The number of carboxylic acid groups (broad SMARTS) is 1. The summed E-state index contributed by atoms with van der Waals surface area (Å²) in [6.07, 6.45) is 3.31. The van der Waals surface area contributed by atoms with Gasteiger partial charge < -0.3 is 9.90 Å². The Morgan fingerprint density at radius 3 is 2.81 bits per heavy atom. The van der Waals surface area contributed by atoms with Gasteiger partial charge in [-0.05, 0) is 43.4 Å². The minimum atomic E-state index is -1.00. The molecule has 0 unspecified atom stereocenters. The number of hydrogen-bond donors (Lipinski definition) is 0. The monoisotopic (exact) mass is 302 g/mol. The van der Waals surface area contributed by atoms with Crippen LogP contribution in [0.3, 0.4) is 0 Å². The van der Waals surface area contributed by atoms with Crippen LogP contribution in [0, 0.1) is 6.92 Å². The van der Waals surface area contributed by atoms with Gasteiger partial charge in [-0.1, -0.05) is 31.5 Å². The summed E-state index contributed by atoms with van der Waals surface area (Å²) in [6.45, 7) is 4.31. The molecule has 0 N–H and O–H groups in total. The average Bonchev–Trinajstić information content (AvgIpc) is 2.46. The second-order valence-electron chi connectivity index (χ2n) is 5.11. The molecule has 1 aromatic carbocycles. The third-order valence-corrected chi connectivity index (χ3v) is 4.59. The molecule has 112 valence electrons. The molecule has 21 heavy (non-hydrogen) atoms. The molecular weight excluding hydrogens is 282 g/mol. The minimum absolute atomic E-state index is 0.0610. The molecule has 0 bridgehead atoms. The summed E-state index contributed by atoms with van der Waals surface area (Å²) in [7, 11) is 0. The molecule has 1 aromatic heterocycles. The van der Waals surface area contributed by atoms with Crippen LogP contribution < -0.4 is 5.11 Å². The minimum Gasteiger partial charge on any atom is -0.550 e. The van der Waals surface area contributed by atoms with E-state index in [4.69, 9.17) is 4.98 Å². The van der Waals surface area contributed by atoms with Crippen LogP contribution in [0.1, 0.15) is 37.3 Å². The van der Waals surface area contributed by atoms with Crippen molar-refractivity contribution in [1.29, 1.82) is 0 Å². The van der Waals surface area contributed by atoms with Crippen molar-refractivity contribution in [3.8, 4) is 0 Å². The number of rotatable bonds is 7. The van der Waals surface area contributed by atoms with Crippen molar-refractivity contribution in [2.24, 2.45) is 0 Å². The summed E-state index contributed by atoms with van der Waals surface area (Å²) in [6, 6.07) is 8.12. The van der Waals surface area contributed by atoms with E-state index in [1.807, 2.05) is 18.2 Å². The van der Waals surface area contributed by atoms with Crippen molar-refractivity contribution in [1.82, 2.24) is 4.98 Å². The maximum absolute atomic E-state index is 10.6. The van der Waals surface area contributed by atoms with Crippen molar-refractivity contribution in [3.05, 3.63) is 35.4 Å². The van der Waals surface area contributed by atoms with Crippen LogP contribution in [-0.2, 0) is 11.2 Å². The summed E-state index contributed by atoms with van der Waals surface area (Å²) in [5.41, 5.74) is 3.51. The molecule has 0 atom stereocenters. The van der Waals surface area contributed by atoms with Crippen LogP contribution in [0.5, 0.6) is 0 Å². The predicted molar refractivity (Wildman–Crippen MR) is 85.4 cm³/mol. The normalized spacial score (nSPS) is 11.0. The third-order valence-electron chi connectivity index (χ3n) is 3.57. The molecule has 0 saturated carbocycles. The zero-order valence-electron chi connectivity index (χ0n) is 12.5. The Morgan fingerprint density at radius 2 is 2.10 bits per heavy atom. The maximum atomic E-state index is 10.6. The SMILES string of the molecule is CCCCc1c(SCCC(=O)[O-])nc2ccccc2c1C. The molecule has 0 aliphatic rings. The summed E-state index contributed by atoms with van der Waals surface area (Å²) < 4.78 is 0. The maximum Gasteiger partial charge on any atom is 0.100 e.